The number of ether oxygens (including phenoxy) is 1. The molecule has 0 saturated carbocycles. The van der Waals surface area contributed by atoms with Gasteiger partial charge in [-0.2, -0.15) is 4.68 Å². The van der Waals surface area contributed by atoms with Crippen LogP contribution in [0.2, 0.25) is 0 Å². The van der Waals surface area contributed by atoms with Crippen LogP contribution in [0.15, 0.2) is 53.0 Å². The van der Waals surface area contributed by atoms with Crippen molar-refractivity contribution in [3.05, 3.63) is 53.0 Å². The molecule has 6 nitrogen and oxygen atoms in total. The Hall–Kier alpha value is -2.41. The molecule has 20 heavy (non-hydrogen) atoms. The first-order chi connectivity index (χ1) is 9.75. The Balaban J connectivity index is 1.99. The van der Waals surface area contributed by atoms with Gasteiger partial charge in [0.2, 0.25) is 0 Å². The summed E-state index contributed by atoms with van der Waals surface area (Å²) in [6.07, 6.45) is 0. The Bertz CT molecular complexity index is 708. The maximum absolute atomic E-state index is 5.89. The second kappa shape index (κ2) is 5.30. The fourth-order valence-corrected chi connectivity index (χ4v) is 2.16. The molecule has 1 aromatic heterocycles. The topological polar surface area (TPSA) is 78.8 Å². The van der Waals surface area contributed by atoms with Gasteiger partial charge in [0, 0.05) is 0 Å². The molecule has 0 bridgehead atoms. The average molecular weight is 332 g/mol. The second-order valence-corrected chi connectivity index (χ2v) is 4.82. The summed E-state index contributed by atoms with van der Waals surface area (Å²) in [6, 6.07) is 15.1. The highest BCUT2D eigenvalue weighted by Crippen LogP contribution is 2.34. The first-order valence-electron chi connectivity index (χ1n) is 5.81. The fraction of sp³-hybridized carbons (Fsp3) is 0. The molecule has 0 unspecified atom stereocenters. The number of hydrogen-bond acceptors (Lipinski definition) is 5. The van der Waals surface area contributed by atoms with Crippen molar-refractivity contribution in [2.45, 2.75) is 0 Å². The van der Waals surface area contributed by atoms with Gasteiger partial charge in [0.25, 0.3) is 0 Å². The van der Waals surface area contributed by atoms with E-state index in [0.717, 1.165) is 10.2 Å². The molecule has 2 aromatic carbocycles. The zero-order valence-electron chi connectivity index (χ0n) is 10.3. The molecule has 2 N–H and O–H groups in total. The average Bonchev–Trinajstić information content (AvgIpc) is 2.92. The van der Waals surface area contributed by atoms with Crippen molar-refractivity contribution in [2.24, 2.45) is 0 Å². The summed E-state index contributed by atoms with van der Waals surface area (Å²) in [5.41, 5.74) is 7.20. The number of benzene rings is 2. The maximum Gasteiger partial charge on any atom is 0.346 e. The van der Waals surface area contributed by atoms with Gasteiger partial charge in [0.05, 0.1) is 15.8 Å². The van der Waals surface area contributed by atoms with E-state index in [0.29, 0.717) is 11.4 Å². The molecule has 0 spiro atoms. The zero-order valence-corrected chi connectivity index (χ0v) is 11.9. The fourth-order valence-electron chi connectivity index (χ4n) is 1.70. The number of hydrogen-bond donors (Lipinski definition) is 1. The van der Waals surface area contributed by atoms with Gasteiger partial charge in [-0.25, -0.2) is 0 Å². The van der Waals surface area contributed by atoms with Crippen LogP contribution < -0.4 is 10.5 Å². The van der Waals surface area contributed by atoms with Crippen molar-refractivity contribution >= 4 is 21.6 Å². The number of para-hydroxylation sites is 2. The lowest BCUT2D eigenvalue weighted by Crippen LogP contribution is -2.01. The van der Waals surface area contributed by atoms with Crippen LogP contribution >= 0.6 is 15.9 Å². The summed E-state index contributed by atoms with van der Waals surface area (Å²) in [5, 5.41) is 11.4. The van der Waals surface area contributed by atoms with Crippen LogP contribution in [0.25, 0.3) is 5.69 Å². The van der Waals surface area contributed by atoms with Crippen LogP contribution in [0.4, 0.5) is 5.69 Å². The standard InChI is InChI=1S/C13H10BrN5O/c14-10-7-4-8-11(15)12(10)20-13-16-17-18-19(13)9-5-2-1-3-6-9/h1-8H,15H2. The van der Waals surface area contributed by atoms with Crippen LogP contribution in [-0.4, -0.2) is 20.2 Å². The van der Waals surface area contributed by atoms with Gasteiger partial charge < -0.3 is 10.5 Å². The third-order valence-corrected chi connectivity index (χ3v) is 3.26. The van der Waals surface area contributed by atoms with E-state index in [1.54, 1.807) is 6.07 Å². The molecular formula is C13H10BrN5O. The molecular weight excluding hydrogens is 322 g/mol. The van der Waals surface area contributed by atoms with Crippen molar-refractivity contribution in [1.29, 1.82) is 0 Å². The lowest BCUT2D eigenvalue weighted by atomic mass is 10.3. The SMILES string of the molecule is Nc1cccc(Br)c1Oc1nnnn1-c1ccccc1. The van der Waals surface area contributed by atoms with E-state index < -0.39 is 0 Å². The minimum atomic E-state index is 0.245. The second-order valence-electron chi connectivity index (χ2n) is 3.97. The smallest absolute Gasteiger partial charge is 0.346 e. The highest BCUT2D eigenvalue weighted by atomic mass is 79.9. The van der Waals surface area contributed by atoms with E-state index in [1.807, 2.05) is 42.5 Å². The summed E-state index contributed by atoms with van der Waals surface area (Å²) in [6.45, 7) is 0. The number of aromatic nitrogens is 4. The molecule has 1 heterocycles. The Morgan fingerprint density at radius 3 is 2.60 bits per heavy atom. The molecule has 3 rings (SSSR count). The lowest BCUT2D eigenvalue weighted by Gasteiger charge is -2.09. The highest BCUT2D eigenvalue weighted by Gasteiger charge is 2.14. The first-order valence-corrected chi connectivity index (χ1v) is 6.60. The Morgan fingerprint density at radius 1 is 1.05 bits per heavy atom. The number of halogens is 1. The third kappa shape index (κ3) is 2.35. The van der Waals surface area contributed by atoms with Crippen LogP contribution in [0.3, 0.4) is 0 Å². The van der Waals surface area contributed by atoms with Crippen molar-refractivity contribution in [3.8, 4) is 17.4 Å². The third-order valence-electron chi connectivity index (χ3n) is 2.63. The molecule has 0 aliphatic rings. The number of nitrogen functional groups attached to an aromatic ring is 1. The molecule has 0 aliphatic carbocycles. The summed E-state index contributed by atoms with van der Waals surface area (Å²) >= 11 is 3.39. The van der Waals surface area contributed by atoms with Gasteiger partial charge in [-0.05, 0) is 50.6 Å². The zero-order chi connectivity index (χ0) is 13.9. The molecule has 0 radical (unpaired) electrons. The molecule has 0 atom stereocenters. The minimum Gasteiger partial charge on any atom is -0.420 e. The van der Waals surface area contributed by atoms with E-state index in [-0.39, 0.29) is 6.01 Å². The van der Waals surface area contributed by atoms with Crippen molar-refractivity contribution in [3.63, 3.8) is 0 Å². The van der Waals surface area contributed by atoms with Gasteiger partial charge in [0.15, 0.2) is 5.75 Å². The van der Waals surface area contributed by atoms with E-state index in [1.165, 1.54) is 4.68 Å². The Kier molecular flexibility index (Phi) is 3.34. The molecule has 0 aliphatic heterocycles. The normalized spacial score (nSPS) is 10.4. The first kappa shape index (κ1) is 12.6. The number of rotatable bonds is 3. The number of anilines is 1. The molecule has 0 amide bonds. The van der Waals surface area contributed by atoms with Crippen LogP contribution in [0, 0.1) is 0 Å². The van der Waals surface area contributed by atoms with Crippen LogP contribution in [0.1, 0.15) is 0 Å². The molecule has 100 valence electrons. The number of tetrazole rings is 1. The number of nitrogens with two attached hydrogens (primary N) is 1. The molecule has 3 aromatic rings. The van der Waals surface area contributed by atoms with Crippen molar-refractivity contribution in [1.82, 2.24) is 20.2 Å². The summed E-state index contributed by atoms with van der Waals surface area (Å²) in [4.78, 5) is 0. The lowest BCUT2D eigenvalue weighted by molar-refractivity contribution is 0.427. The molecule has 0 saturated heterocycles. The van der Waals surface area contributed by atoms with Crippen molar-refractivity contribution in [2.75, 3.05) is 5.73 Å². The maximum atomic E-state index is 5.89. The van der Waals surface area contributed by atoms with E-state index in [9.17, 15) is 0 Å². The summed E-state index contributed by atoms with van der Waals surface area (Å²) in [5.74, 6) is 0.486. The van der Waals surface area contributed by atoms with E-state index in [2.05, 4.69) is 31.5 Å². The van der Waals surface area contributed by atoms with E-state index in [4.69, 9.17) is 10.5 Å². The van der Waals surface area contributed by atoms with E-state index >= 15 is 0 Å². The largest absolute Gasteiger partial charge is 0.420 e. The summed E-state index contributed by atoms with van der Waals surface area (Å²) < 4.78 is 7.96. The van der Waals surface area contributed by atoms with Gasteiger partial charge in [0.1, 0.15) is 0 Å². The minimum absolute atomic E-state index is 0.245. The number of nitrogens with zero attached hydrogens (tertiary/aromatic N) is 4. The predicted molar refractivity (Wildman–Crippen MR) is 77.8 cm³/mol. The Labute approximate surface area is 123 Å². The predicted octanol–water partition coefficient (Wildman–Crippen LogP) is 2.80. The quantitative estimate of drug-likeness (QED) is 0.746. The van der Waals surface area contributed by atoms with Crippen LogP contribution in [-0.2, 0) is 0 Å². The van der Waals surface area contributed by atoms with Crippen molar-refractivity contribution < 1.29 is 4.74 Å². The Morgan fingerprint density at radius 2 is 1.85 bits per heavy atom. The van der Waals surface area contributed by atoms with Gasteiger partial charge in [-0.3, -0.25) is 0 Å². The van der Waals surface area contributed by atoms with Gasteiger partial charge >= 0.3 is 6.01 Å². The van der Waals surface area contributed by atoms with Gasteiger partial charge in [-0.1, -0.05) is 29.4 Å². The highest BCUT2D eigenvalue weighted by molar-refractivity contribution is 9.10. The summed E-state index contributed by atoms with van der Waals surface area (Å²) in [7, 11) is 0. The van der Waals surface area contributed by atoms with Gasteiger partial charge in [-0.15, -0.1) is 0 Å². The van der Waals surface area contributed by atoms with Crippen LogP contribution in [0.5, 0.6) is 11.8 Å². The monoisotopic (exact) mass is 331 g/mol. The molecule has 7 heteroatoms. The molecule has 0 fully saturated rings.